The third-order valence-electron chi connectivity index (χ3n) is 3.09. The molecule has 2 N–H and O–H groups in total. The first kappa shape index (κ1) is 12.7. The molecule has 0 radical (unpaired) electrons. The molecule has 1 amide bonds. The second kappa shape index (κ2) is 5.35. The monoisotopic (exact) mass is 285 g/mol. The fourth-order valence-electron chi connectivity index (χ4n) is 2.06. The third kappa shape index (κ3) is 2.38. The van der Waals surface area contributed by atoms with Crippen molar-refractivity contribution in [2.24, 2.45) is 0 Å². The molecule has 4 nitrogen and oxygen atoms in total. The molecule has 1 aromatic carbocycles. The van der Waals surface area contributed by atoms with Crippen molar-refractivity contribution in [3.63, 3.8) is 0 Å². The van der Waals surface area contributed by atoms with Gasteiger partial charge in [-0.2, -0.15) is 0 Å². The number of hydrogen-bond donors (Lipinski definition) is 2. The molecule has 0 bridgehead atoms. The van der Waals surface area contributed by atoms with Gasteiger partial charge in [-0.3, -0.25) is 4.79 Å². The van der Waals surface area contributed by atoms with E-state index in [1.165, 1.54) is 0 Å². The topological polar surface area (TPSA) is 57.8 Å². The third-order valence-corrected chi connectivity index (χ3v) is 3.46. The van der Waals surface area contributed by atoms with Crippen molar-refractivity contribution in [3.8, 4) is 0 Å². The number of aromatic nitrogens is 2. The van der Waals surface area contributed by atoms with Crippen molar-refractivity contribution in [3.05, 3.63) is 64.9 Å². The maximum Gasteiger partial charge on any atom is 0.253 e. The molecule has 3 aromatic rings. The van der Waals surface area contributed by atoms with Gasteiger partial charge in [0.05, 0.1) is 5.56 Å². The SMILES string of the molecule is O=C(NCc1ccccc1Cl)c1c[nH]c2ncccc12. The van der Waals surface area contributed by atoms with Gasteiger partial charge < -0.3 is 10.3 Å². The Kier molecular flexibility index (Phi) is 3.39. The minimum atomic E-state index is -0.149. The summed E-state index contributed by atoms with van der Waals surface area (Å²) in [4.78, 5) is 19.3. The quantitative estimate of drug-likeness (QED) is 0.777. The molecular formula is C15H12ClN3O. The van der Waals surface area contributed by atoms with Crippen LogP contribution in [0.2, 0.25) is 5.02 Å². The summed E-state index contributed by atoms with van der Waals surface area (Å²) < 4.78 is 0. The van der Waals surface area contributed by atoms with E-state index in [2.05, 4.69) is 15.3 Å². The second-order valence-electron chi connectivity index (χ2n) is 4.38. The van der Waals surface area contributed by atoms with Crippen molar-refractivity contribution in [2.75, 3.05) is 0 Å². The Labute approximate surface area is 120 Å². The highest BCUT2D eigenvalue weighted by Crippen LogP contribution is 2.17. The Bertz CT molecular complexity index is 766. The van der Waals surface area contributed by atoms with Crippen LogP contribution in [0.25, 0.3) is 11.0 Å². The van der Waals surface area contributed by atoms with Crippen molar-refractivity contribution in [2.45, 2.75) is 6.54 Å². The lowest BCUT2D eigenvalue weighted by molar-refractivity contribution is 0.0952. The molecule has 0 aliphatic carbocycles. The normalized spacial score (nSPS) is 10.7. The highest BCUT2D eigenvalue weighted by Gasteiger charge is 2.12. The first-order valence-electron chi connectivity index (χ1n) is 6.19. The summed E-state index contributed by atoms with van der Waals surface area (Å²) in [6.45, 7) is 0.394. The van der Waals surface area contributed by atoms with E-state index >= 15 is 0 Å². The number of benzene rings is 1. The van der Waals surface area contributed by atoms with Gasteiger partial charge in [-0.05, 0) is 23.8 Å². The molecule has 0 unspecified atom stereocenters. The van der Waals surface area contributed by atoms with Crippen LogP contribution in [0.3, 0.4) is 0 Å². The zero-order valence-electron chi connectivity index (χ0n) is 10.6. The van der Waals surface area contributed by atoms with Gasteiger partial charge in [0.25, 0.3) is 5.91 Å². The van der Waals surface area contributed by atoms with E-state index in [1.54, 1.807) is 24.5 Å². The molecule has 0 fully saturated rings. The predicted molar refractivity (Wildman–Crippen MR) is 78.7 cm³/mol. The van der Waals surface area contributed by atoms with Gasteiger partial charge in [0.1, 0.15) is 5.65 Å². The molecule has 0 saturated heterocycles. The first-order valence-corrected chi connectivity index (χ1v) is 6.57. The van der Waals surface area contributed by atoms with Gasteiger partial charge in [0.2, 0.25) is 0 Å². The average Bonchev–Trinajstić information content (AvgIpc) is 2.90. The average molecular weight is 286 g/mol. The van der Waals surface area contributed by atoms with E-state index in [0.717, 1.165) is 10.9 Å². The van der Waals surface area contributed by atoms with Crippen molar-refractivity contribution in [1.82, 2.24) is 15.3 Å². The van der Waals surface area contributed by atoms with E-state index < -0.39 is 0 Å². The minimum absolute atomic E-state index is 0.149. The lowest BCUT2D eigenvalue weighted by atomic mass is 10.2. The van der Waals surface area contributed by atoms with Crippen molar-refractivity contribution >= 4 is 28.5 Å². The van der Waals surface area contributed by atoms with Crippen LogP contribution in [0.5, 0.6) is 0 Å². The standard InChI is InChI=1S/C15H12ClN3O/c16-13-6-2-1-4-10(13)8-19-15(20)12-9-18-14-11(12)5-3-7-17-14/h1-7,9H,8H2,(H,17,18)(H,19,20). The van der Waals surface area contributed by atoms with Crippen LogP contribution in [0, 0.1) is 0 Å². The number of fused-ring (bicyclic) bond motifs is 1. The summed E-state index contributed by atoms with van der Waals surface area (Å²) in [7, 11) is 0. The van der Waals surface area contributed by atoms with E-state index in [0.29, 0.717) is 22.8 Å². The molecule has 2 heterocycles. The molecular weight excluding hydrogens is 274 g/mol. The molecule has 0 atom stereocenters. The Hall–Kier alpha value is -2.33. The summed E-state index contributed by atoms with van der Waals surface area (Å²) in [6, 6.07) is 11.1. The number of pyridine rings is 1. The van der Waals surface area contributed by atoms with E-state index in [1.807, 2.05) is 24.3 Å². The van der Waals surface area contributed by atoms with Crippen LogP contribution in [0.1, 0.15) is 15.9 Å². The Balaban J connectivity index is 1.79. The Morgan fingerprint density at radius 2 is 2.10 bits per heavy atom. The zero-order valence-corrected chi connectivity index (χ0v) is 11.3. The summed E-state index contributed by atoms with van der Waals surface area (Å²) in [5.74, 6) is -0.149. The minimum Gasteiger partial charge on any atom is -0.348 e. The molecule has 0 saturated carbocycles. The molecule has 100 valence electrons. The van der Waals surface area contributed by atoms with Gasteiger partial charge in [-0.15, -0.1) is 0 Å². The molecule has 2 aromatic heterocycles. The van der Waals surface area contributed by atoms with Gasteiger partial charge in [-0.25, -0.2) is 4.98 Å². The number of halogens is 1. The van der Waals surface area contributed by atoms with Crippen LogP contribution in [0.4, 0.5) is 0 Å². The van der Waals surface area contributed by atoms with Crippen LogP contribution >= 0.6 is 11.6 Å². The number of carbonyl (C=O) groups is 1. The summed E-state index contributed by atoms with van der Waals surface area (Å²) in [5, 5.41) is 4.32. The number of hydrogen-bond acceptors (Lipinski definition) is 2. The maximum atomic E-state index is 12.2. The van der Waals surface area contributed by atoms with Crippen molar-refractivity contribution < 1.29 is 4.79 Å². The predicted octanol–water partition coefficient (Wildman–Crippen LogP) is 3.15. The summed E-state index contributed by atoms with van der Waals surface area (Å²) in [5.41, 5.74) is 2.18. The lowest BCUT2D eigenvalue weighted by Crippen LogP contribution is -2.22. The van der Waals surface area contributed by atoms with E-state index in [9.17, 15) is 4.79 Å². The first-order chi connectivity index (χ1) is 9.75. The Morgan fingerprint density at radius 3 is 2.95 bits per heavy atom. The number of nitrogens with zero attached hydrogens (tertiary/aromatic N) is 1. The van der Waals surface area contributed by atoms with Gasteiger partial charge in [0, 0.05) is 29.3 Å². The van der Waals surface area contributed by atoms with Crippen LogP contribution < -0.4 is 5.32 Å². The number of H-pyrrole nitrogens is 1. The lowest BCUT2D eigenvalue weighted by Gasteiger charge is -2.06. The number of rotatable bonds is 3. The maximum absolute atomic E-state index is 12.2. The molecule has 0 spiro atoms. The van der Waals surface area contributed by atoms with Gasteiger partial charge >= 0.3 is 0 Å². The number of carbonyl (C=O) groups excluding carboxylic acids is 1. The molecule has 0 aliphatic rings. The number of nitrogens with one attached hydrogen (secondary N) is 2. The van der Waals surface area contributed by atoms with Gasteiger partial charge in [0.15, 0.2) is 0 Å². The number of amides is 1. The zero-order chi connectivity index (χ0) is 13.9. The largest absolute Gasteiger partial charge is 0.348 e. The highest BCUT2D eigenvalue weighted by molar-refractivity contribution is 6.31. The van der Waals surface area contributed by atoms with Crippen molar-refractivity contribution in [1.29, 1.82) is 0 Å². The highest BCUT2D eigenvalue weighted by atomic mass is 35.5. The summed E-state index contributed by atoms with van der Waals surface area (Å²) >= 11 is 6.06. The second-order valence-corrected chi connectivity index (χ2v) is 4.78. The summed E-state index contributed by atoms with van der Waals surface area (Å²) in [6.07, 6.45) is 3.35. The molecule has 20 heavy (non-hydrogen) atoms. The number of aromatic amines is 1. The Morgan fingerprint density at radius 1 is 1.25 bits per heavy atom. The van der Waals surface area contributed by atoms with Gasteiger partial charge in [-0.1, -0.05) is 29.8 Å². The van der Waals surface area contributed by atoms with Crippen LogP contribution in [-0.2, 0) is 6.54 Å². The molecule has 0 aliphatic heterocycles. The van der Waals surface area contributed by atoms with Crippen LogP contribution in [0.15, 0.2) is 48.8 Å². The van der Waals surface area contributed by atoms with E-state index in [-0.39, 0.29) is 5.91 Å². The smallest absolute Gasteiger partial charge is 0.253 e. The fourth-order valence-corrected chi connectivity index (χ4v) is 2.26. The fraction of sp³-hybridized carbons (Fsp3) is 0.0667. The molecule has 3 rings (SSSR count). The van der Waals surface area contributed by atoms with Crippen LogP contribution in [-0.4, -0.2) is 15.9 Å². The van der Waals surface area contributed by atoms with E-state index in [4.69, 9.17) is 11.6 Å². The molecule has 5 heteroatoms.